The van der Waals surface area contributed by atoms with Crippen molar-refractivity contribution in [1.29, 1.82) is 0 Å². The maximum Gasteiger partial charge on any atom is 0.305 e. The van der Waals surface area contributed by atoms with E-state index in [0.29, 0.717) is 18.0 Å². The van der Waals surface area contributed by atoms with Crippen LogP contribution < -0.4 is 9.04 Å². The summed E-state index contributed by atoms with van der Waals surface area (Å²) in [7, 11) is -3.56. The van der Waals surface area contributed by atoms with Gasteiger partial charge in [0.15, 0.2) is 0 Å². The number of carboxylic acid groups (broad SMARTS) is 1. The highest BCUT2D eigenvalue weighted by molar-refractivity contribution is 7.92. The van der Waals surface area contributed by atoms with E-state index in [-0.39, 0.29) is 18.7 Å². The van der Waals surface area contributed by atoms with Gasteiger partial charge in [-0.2, -0.15) is 0 Å². The average molecular weight is 301 g/mol. The van der Waals surface area contributed by atoms with Crippen LogP contribution in [0.1, 0.15) is 20.3 Å². The molecule has 0 bridgehead atoms. The van der Waals surface area contributed by atoms with Gasteiger partial charge in [-0.15, -0.1) is 0 Å². The van der Waals surface area contributed by atoms with Gasteiger partial charge < -0.3 is 9.84 Å². The van der Waals surface area contributed by atoms with Crippen LogP contribution in [0, 0.1) is 0 Å². The zero-order valence-electron chi connectivity index (χ0n) is 11.6. The van der Waals surface area contributed by atoms with Gasteiger partial charge in [-0.3, -0.25) is 9.10 Å². The molecule has 20 heavy (non-hydrogen) atoms. The van der Waals surface area contributed by atoms with Crippen molar-refractivity contribution in [3.05, 3.63) is 24.3 Å². The van der Waals surface area contributed by atoms with Crippen molar-refractivity contribution in [2.45, 2.75) is 20.3 Å². The smallest absolute Gasteiger partial charge is 0.305 e. The minimum absolute atomic E-state index is 0.104. The Morgan fingerprint density at radius 2 is 1.95 bits per heavy atom. The number of hydrogen-bond acceptors (Lipinski definition) is 4. The van der Waals surface area contributed by atoms with Gasteiger partial charge in [0.2, 0.25) is 10.0 Å². The van der Waals surface area contributed by atoms with Crippen LogP contribution in [-0.2, 0) is 14.8 Å². The Kier molecular flexibility index (Phi) is 5.82. The number of carbonyl (C=O) groups is 1. The second-order valence-corrected chi connectivity index (χ2v) is 6.20. The Bertz CT molecular complexity index is 556. The third kappa shape index (κ3) is 4.12. The monoisotopic (exact) mass is 301 g/mol. The molecule has 1 aromatic rings. The topological polar surface area (TPSA) is 83.9 Å². The molecule has 0 unspecified atom stereocenters. The molecule has 0 saturated carbocycles. The molecule has 7 heteroatoms. The molecule has 1 N–H and O–H groups in total. The zero-order chi connectivity index (χ0) is 15.2. The quantitative estimate of drug-likeness (QED) is 0.790. The van der Waals surface area contributed by atoms with E-state index in [1.165, 1.54) is 6.92 Å². The van der Waals surface area contributed by atoms with Crippen molar-refractivity contribution in [3.63, 3.8) is 0 Å². The molecule has 0 saturated heterocycles. The van der Waals surface area contributed by atoms with Gasteiger partial charge in [-0.1, -0.05) is 12.1 Å². The van der Waals surface area contributed by atoms with Crippen LogP contribution in [0.15, 0.2) is 24.3 Å². The molecule has 0 atom stereocenters. The summed E-state index contributed by atoms with van der Waals surface area (Å²) in [6.45, 7) is 3.60. The average Bonchev–Trinajstić information content (AvgIpc) is 2.40. The Hall–Kier alpha value is -1.76. The van der Waals surface area contributed by atoms with Gasteiger partial charge >= 0.3 is 5.97 Å². The molecule has 0 aliphatic heterocycles. The van der Waals surface area contributed by atoms with Crippen molar-refractivity contribution >= 4 is 21.7 Å². The van der Waals surface area contributed by atoms with Crippen molar-refractivity contribution in [2.75, 3.05) is 23.2 Å². The molecule has 0 amide bonds. The number of carboxylic acids is 1. The number of hydrogen-bond donors (Lipinski definition) is 1. The predicted octanol–water partition coefficient (Wildman–Crippen LogP) is 1.72. The lowest BCUT2D eigenvalue weighted by Crippen LogP contribution is -2.34. The van der Waals surface area contributed by atoms with Crippen LogP contribution in [0.4, 0.5) is 5.69 Å². The van der Waals surface area contributed by atoms with Crippen LogP contribution in [0.5, 0.6) is 5.75 Å². The Morgan fingerprint density at radius 3 is 2.50 bits per heavy atom. The highest BCUT2D eigenvalue weighted by Gasteiger charge is 2.24. The van der Waals surface area contributed by atoms with Gasteiger partial charge in [0.05, 0.1) is 24.5 Å². The molecule has 0 heterocycles. The molecular formula is C13H19NO5S. The van der Waals surface area contributed by atoms with Crippen LogP contribution in [0.25, 0.3) is 0 Å². The van der Waals surface area contributed by atoms with Gasteiger partial charge in [-0.05, 0) is 26.0 Å². The Labute approximate surface area is 119 Å². The number of sulfonamides is 1. The van der Waals surface area contributed by atoms with Crippen LogP contribution >= 0.6 is 0 Å². The second-order valence-electron chi connectivity index (χ2n) is 4.02. The van der Waals surface area contributed by atoms with E-state index in [2.05, 4.69) is 0 Å². The first kappa shape index (κ1) is 16.3. The fourth-order valence-electron chi connectivity index (χ4n) is 1.70. The first-order chi connectivity index (χ1) is 9.42. The van der Waals surface area contributed by atoms with Crippen LogP contribution in [-0.4, -0.2) is 38.4 Å². The summed E-state index contributed by atoms with van der Waals surface area (Å²) >= 11 is 0. The molecule has 0 aliphatic carbocycles. The lowest BCUT2D eigenvalue weighted by Gasteiger charge is -2.25. The van der Waals surface area contributed by atoms with Crippen molar-refractivity contribution < 1.29 is 23.1 Å². The van der Waals surface area contributed by atoms with E-state index in [1.807, 2.05) is 0 Å². The lowest BCUT2D eigenvalue weighted by molar-refractivity contribution is -0.136. The standard InChI is InChI=1S/C13H19NO5S/c1-3-19-12-8-6-5-7-11(12)14(10-9-13(15)16)20(17,18)4-2/h5-8H,3-4,9-10H2,1-2H3,(H,15,16). The molecule has 0 fully saturated rings. The SMILES string of the molecule is CCOc1ccccc1N(CCC(=O)O)S(=O)(=O)CC. The molecule has 6 nitrogen and oxygen atoms in total. The molecular weight excluding hydrogens is 282 g/mol. The van der Waals surface area contributed by atoms with Crippen molar-refractivity contribution in [3.8, 4) is 5.75 Å². The second kappa shape index (κ2) is 7.14. The number of aliphatic carboxylic acids is 1. The molecule has 112 valence electrons. The summed E-state index contributed by atoms with van der Waals surface area (Å²) in [6, 6.07) is 6.71. The third-order valence-corrected chi connectivity index (χ3v) is 4.44. The van der Waals surface area contributed by atoms with Gasteiger partial charge in [0.1, 0.15) is 5.75 Å². The van der Waals surface area contributed by atoms with E-state index in [9.17, 15) is 13.2 Å². The fraction of sp³-hybridized carbons (Fsp3) is 0.462. The summed E-state index contributed by atoms with van der Waals surface area (Å²) in [5.74, 6) is -0.722. The molecule has 0 aromatic heterocycles. The Morgan fingerprint density at radius 1 is 1.30 bits per heavy atom. The van der Waals surface area contributed by atoms with Gasteiger partial charge in [0, 0.05) is 6.54 Å². The first-order valence-electron chi connectivity index (χ1n) is 6.36. The van der Waals surface area contributed by atoms with E-state index in [1.54, 1.807) is 31.2 Å². The minimum Gasteiger partial charge on any atom is -0.492 e. The minimum atomic E-state index is -3.56. The molecule has 0 radical (unpaired) electrons. The molecule has 1 rings (SSSR count). The van der Waals surface area contributed by atoms with E-state index in [0.717, 1.165) is 4.31 Å². The number of benzene rings is 1. The van der Waals surface area contributed by atoms with Crippen LogP contribution in [0.2, 0.25) is 0 Å². The zero-order valence-corrected chi connectivity index (χ0v) is 12.4. The lowest BCUT2D eigenvalue weighted by atomic mass is 10.3. The van der Waals surface area contributed by atoms with Gasteiger partial charge in [0.25, 0.3) is 0 Å². The van der Waals surface area contributed by atoms with Crippen molar-refractivity contribution in [2.24, 2.45) is 0 Å². The first-order valence-corrected chi connectivity index (χ1v) is 7.97. The number of rotatable bonds is 8. The van der Waals surface area contributed by atoms with E-state index < -0.39 is 16.0 Å². The Balaban J connectivity index is 3.19. The fourth-order valence-corrected chi connectivity index (χ4v) is 2.83. The highest BCUT2D eigenvalue weighted by atomic mass is 32.2. The number of para-hydroxylation sites is 2. The van der Waals surface area contributed by atoms with Crippen LogP contribution in [0.3, 0.4) is 0 Å². The van der Waals surface area contributed by atoms with Crippen molar-refractivity contribution in [1.82, 2.24) is 0 Å². The normalized spacial score (nSPS) is 11.1. The van der Waals surface area contributed by atoms with Gasteiger partial charge in [-0.25, -0.2) is 8.42 Å². The summed E-state index contributed by atoms with van der Waals surface area (Å²) in [4.78, 5) is 10.7. The number of anilines is 1. The largest absolute Gasteiger partial charge is 0.492 e. The maximum absolute atomic E-state index is 12.1. The van der Waals surface area contributed by atoms with E-state index in [4.69, 9.17) is 9.84 Å². The maximum atomic E-state index is 12.1. The summed E-state index contributed by atoms with van der Waals surface area (Å²) in [5, 5.41) is 8.77. The van der Waals surface area contributed by atoms with E-state index >= 15 is 0 Å². The summed E-state index contributed by atoms with van der Waals surface area (Å²) < 4.78 is 30.8. The summed E-state index contributed by atoms with van der Waals surface area (Å²) in [6.07, 6.45) is -0.264. The third-order valence-electron chi connectivity index (χ3n) is 2.66. The molecule has 0 spiro atoms. The predicted molar refractivity (Wildman–Crippen MR) is 76.7 cm³/mol. The molecule has 1 aromatic carbocycles. The summed E-state index contributed by atoms with van der Waals surface area (Å²) in [5.41, 5.74) is 0.373. The molecule has 0 aliphatic rings. The number of ether oxygens (including phenoxy) is 1. The number of nitrogens with zero attached hydrogens (tertiary/aromatic N) is 1. The highest BCUT2D eigenvalue weighted by Crippen LogP contribution is 2.30.